The minimum Gasteiger partial charge on any atom is -0.335 e. The summed E-state index contributed by atoms with van der Waals surface area (Å²) >= 11 is 12.4. The topological polar surface area (TPSA) is 49.8 Å². The quantitative estimate of drug-likeness (QED) is 0.477. The van der Waals surface area contributed by atoms with Crippen LogP contribution in [0.4, 0.5) is 23.0 Å². The van der Waals surface area contributed by atoms with E-state index in [0.29, 0.717) is 32.7 Å². The van der Waals surface area contributed by atoms with Gasteiger partial charge in [-0.2, -0.15) is 0 Å². The highest BCUT2D eigenvalue weighted by atomic mass is 35.5. The van der Waals surface area contributed by atoms with Crippen LogP contribution < -0.4 is 10.6 Å². The summed E-state index contributed by atoms with van der Waals surface area (Å²) in [6.07, 6.45) is 0. The van der Waals surface area contributed by atoms with Gasteiger partial charge in [-0.25, -0.2) is 9.97 Å². The Kier molecular flexibility index (Phi) is 2.71. The number of fused-ring (bicyclic) bond motifs is 3. The van der Waals surface area contributed by atoms with Crippen molar-refractivity contribution in [2.45, 2.75) is 6.92 Å². The summed E-state index contributed by atoms with van der Waals surface area (Å²) in [7, 11) is 0. The molecule has 0 unspecified atom stereocenters. The zero-order valence-electron chi connectivity index (χ0n) is 11.0. The molecule has 0 atom stereocenters. The van der Waals surface area contributed by atoms with Crippen LogP contribution in [0.2, 0.25) is 10.0 Å². The van der Waals surface area contributed by atoms with E-state index in [1.807, 2.05) is 19.1 Å². The first-order valence-corrected chi connectivity index (χ1v) is 7.18. The molecule has 2 aromatic carbocycles. The molecule has 0 amide bonds. The van der Waals surface area contributed by atoms with Crippen LogP contribution in [0.5, 0.6) is 0 Å². The lowest BCUT2D eigenvalue weighted by molar-refractivity contribution is 1.24. The summed E-state index contributed by atoms with van der Waals surface area (Å²) < 4.78 is 0. The average molecular weight is 317 g/mol. The van der Waals surface area contributed by atoms with Crippen molar-refractivity contribution in [3.8, 4) is 0 Å². The Labute approximate surface area is 131 Å². The second-order valence-corrected chi connectivity index (χ2v) is 5.76. The number of anilines is 4. The first-order valence-electron chi connectivity index (χ1n) is 6.42. The third-order valence-electron chi connectivity index (χ3n) is 3.41. The van der Waals surface area contributed by atoms with Crippen LogP contribution >= 0.6 is 23.2 Å². The van der Waals surface area contributed by atoms with Crippen molar-refractivity contribution >= 4 is 57.2 Å². The van der Waals surface area contributed by atoms with Crippen molar-refractivity contribution in [2.75, 3.05) is 10.6 Å². The molecule has 1 aliphatic heterocycles. The molecule has 3 aromatic rings. The highest BCUT2D eigenvalue weighted by Crippen LogP contribution is 2.39. The Balaban J connectivity index is 1.94. The van der Waals surface area contributed by atoms with Crippen molar-refractivity contribution in [1.29, 1.82) is 0 Å². The van der Waals surface area contributed by atoms with Crippen LogP contribution in [0.25, 0.3) is 11.0 Å². The molecule has 2 N–H and O–H groups in total. The number of nitrogens with zero attached hydrogens (tertiary/aromatic N) is 2. The van der Waals surface area contributed by atoms with Gasteiger partial charge < -0.3 is 10.6 Å². The zero-order chi connectivity index (χ0) is 14.6. The summed E-state index contributed by atoms with van der Waals surface area (Å²) in [6.45, 7) is 2.04. The van der Waals surface area contributed by atoms with E-state index in [0.717, 1.165) is 11.4 Å². The third kappa shape index (κ3) is 1.99. The van der Waals surface area contributed by atoms with Gasteiger partial charge in [0.15, 0.2) is 11.6 Å². The van der Waals surface area contributed by atoms with Gasteiger partial charge in [-0.1, -0.05) is 29.3 Å². The lowest BCUT2D eigenvalue weighted by atomic mass is 10.1. The summed E-state index contributed by atoms with van der Waals surface area (Å²) in [5.74, 6) is 1.28. The molecule has 0 radical (unpaired) electrons. The lowest BCUT2D eigenvalue weighted by Crippen LogP contribution is -2.10. The molecule has 0 spiro atoms. The predicted molar refractivity (Wildman–Crippen MR) is 87.3 cm³/mol. The molecule has 4 rings (SSSR count). The van der Waals surface area contributed by atoms with E-state index in [-0.39, 0.29) is 0 Å². The molecule has 4 nitrogen and oxygen atoms in total. The summed E-state index contributed by atoms with van der Waals surface area (Å²) in [5, 5.41) is 7.61. The molecular weight excluding hydrogens is 307 g/mol. The Hall–Kier alpha value is -2.04. The first kappa shape index (κ1) is 12.7. The predicted octanol–water partition coefficient (Wildman–Crippen LogP) is 5.05. The molecule has 2 heterocycles. The average Bonchev–Trinajstić information content (AvgIpc) is 2.48. The molecule has 6 heteroatoms. The highest BCUT2D eigenvalue weighted by Gasteiger charge is 2.19. The second-order valence-electron chi connectivity index (χ2n) is 4.95. The number of benzene rings is 2. The monoisotopic (exact) mass is 316 g/mol. The van der Waals surface area contributed by atoms with E-state index < -0.39 is 0 Å². The fourth-order valence-electron chi connectivity index (χ4n) is 2.37. The van der Waals surface area contributed by atoms with Gasteiger partial charge in [0.05, 0.1) is 21.4 Å². The van der Waals surface area contributed by atoms with Gasteiger partial charge in [-0.05, 0) is 36.8 Å². The Bertz CT molecular complexity index is 892. The fraction of sp³-hybridized carbons (Fsp3) is 0.0667. The Morgan fingerprint density at radius 3 is 2.00 bits per heavy atom. The van der Waals surface area contributed by atoms with Gasteiger partial charge in [0.25, 0.3) is 0 Å². The van der Waals surface area contributed by atoms with Crippen LogP contribution in [0, 0.1) is 6.92 Å². The number of halogens is 2. The summed E-state index contributed by atoms with van der Waals surface area (Å²) in [5.41, 5.74) is 4.27. The molecule has 0 saturated heterocycles. The maximum Gasteiger partial charge on any atom is 0.174 e. The van der Waals surface area contributed by atoms with E-state index in [9.17, 15) is 0 Å². The standard InChI is InChI=1S/C15H10Cl2N4/c1-7-2-5-10-11(6-7)19-15-14(18-10)20-12-8(16)3-4-9(17)13(12)21-15/h2-6H,1H3,(H,18,20)(H,19,21). The SMILES string of the molecule is Cc1ccc2c(c1)Nc1nc3c(Cl)ccc(Cl)c3nc1N2. The molecule has 0 fully saturated rings. The van der Waals surface area contributed by atoms with Gasteiger partial charge in [0.2, 0.25) is 0 Å². The van der Waals surface area contributed by atoms with Crippen LogP contribution in [0.3, 0.4) is 0 Å². The van der Waals surface area contributed by atoms with Gasteiger partial charge in [-0.15, -0.1) is 0 Å². The smallest absolute Gasteiger partial charge is 0.174 e. The van der Waals surface area contributed by atoms with E-state index >= 15 is 0 Å². The summed E-state index contributed by atoms with van der Waals surface area (Å²) in [4.78, 5) is 9.10. The lowest BCUT2D eigenvalue weighted by Gasteiger charge is -2.22. The first-order chi connectivity index (χ1) is 10.1. The number of nitrogens with one attached hydrogen (secondary N) is 2. The largest absolute Gasteiger partial charge is 0.335 e. The summed E-state index contributed by atoms with van der Waals surface area (Å²) in [6, 6.07) is 9.54. The number of aryl methyl sites for hydroxylation is 1. The van der Waals surface area contributed by atoms with Gasteiger partial charge in [0, 0.05) is 0 Å². The van der Waals surface area contributed by atoms with Gasteiger partial charge in [0.1, 0.15) is 11.0 Å². The second kappa shape index (κ2) is 4.48. The maximum atomic E-state index is 6.19. The Morgan fingerprint density at radius 1 is 0.810 bits per heavy atom. The maximum absolute atomic E-state index is 6.19. The van der Waals surface area contributed by atoms with Crippen molar-refractivity contribution in [3.05, 3.63) is 45.9 Å². The van der Waals surface area contributed by atoms with E-state index in [4.69, 9.17) is 23.2 Å². The van der Waals surface area contributed by atoms with Crippen LogP contribution in [-0.4, -0.2) is 9.97 Å². The molecule has 1 aliphatic rings. The molecule has 0 aliphatic carbocycles. The minimum atomic E-state index is 0.529. The van der Waals surface area contributed by atoms with E-state index in [1.165, 1.54) is 5.56 Å². The van der Waals surface area contributed by atoms with E-state index in [2.05, 4.69) is 26.7 Å². The molecule has 104 valence electrons. The number of aromatic nitrogens is 2. The third-order valence-corrected chi connectivity index (χ3v) is 4.02. The van der Waals surface area contributed by atoms with Crippen molar-refractivity contribution in [2.24, 2.45) is 0 Å². The fourth-order valence-corrected chi connectivity index (χ4v) is 2.76. The zero-order valence-corrected chi connectivity index (χ0v) is 12.5. The minimum absolute atomic E-state index is 0.529. The number of hydrogen-bond acceptors (Lipinski definition) is 4. The number of hydrogen-bond donors (Lipinski definition) is 2. The van der Waals surface area contributed by atoms with Crippen LogP contribution in [-0.2, 0) is 0 Å². The molecule has 21 heavy (non-hydrogen) atoms. The molecule has 1 aromatic heterocycles. The molecule has 0 saturated carbocycles. The number of rotatable bonds is 0. The van der Waals surface area contributed by atoms with Gasteiger partial charge in [-0.3, -0.25) is 0 Å². The van der Waals surface area contributed by atoms with Gasteiger partial charge >= 0.3 is 0 Å². The Morgan fingerprint density at radius 2 is 1.38 bits per heavy atom. The molecular formula is C15H10Cl2N4. The van der Waals surface area contributed by atoms with Crippen molar-refractivity contribution in [3.63, 3.8) is 0 Å². The highest BCUT2D eigenvalue weighted by molar-refractivity contribution is 6.39. The van der Waals surface area contributed by atoms with Crippen LogP contribution in [0.1, 0.15) is 5.56 Å². The van der Waals surface area contributed by atoms with Crippen molar-refractivity contribution < 1.29 is 0 Å². The van der Waals surface area contributed by atoms with E-state index in [1.54, 1.807) is 12.1 Å². The normalized spacial score (nSPS) is 12.3. The van der Waals surface area contributed by atoms with Crippen LogP contribution in [0.15, 0.2) is 30.3 Å². The van der Waals surface area contributed by atoms with Crippen molar-refractivity contribution in [1.82, 2.24) is 9.97 Å². The molecule has 0 bridgehead atoms.